The Labute approximate surface area is 148 Å². The number of hydrogen-bond acceptors (Lipinski definition) is 7. The van der Waals surface area contributed by atoms with Crippen molar-refractivity contribution in [1.29, 1.82) is 0 Å². The van der Waals surface area contributed by atoms with E-state index in [0.717, 1.165) is 11.1 Å². The summed E-state index contributed by atoms with van der Waals surface area (Å²) < 4.78 is 33.7. The highest BCUT2D eigenvalue weighted by Crippen LogP contribution is 2.21. The fourth-order valence-electron chi connectivity index (χ4n) is 2.59. The number of rotatable bonds is 5. The van der Waals surface area contributed by atoms with Gasteiger partial charge < -0.3 is 0 Å². The van der Waals surface area contributed by atoms with Crippen molar-refractivity contribution in [3.63, 3.8) is 0 Å². The molecule has 2 heterocycles. The number of fused-ring (bicyclic) bond motifs is 1. The van der Waals surface area contributed by atoms with Crippen molar-refractivity contribution in [1.82, 2.24) is 25.1 Å². The topological polar surface area (TPSA) is 116 Å². The van der Waals surface area contributed by atoms with Gasteiger partial charge in [0, 0.05) is 0 Å². The molecule has 0 aliphatic rings. The lowest BCUT2D eigenvalue weighted by atomic mass is 10.1. The highest BCUT2D eigenvalue weighted by molar-refractivity contribution is 7.93. The van der Waals surface area contributed by atoms with Gasteiger partial charge in [-0.1, -0.05) is 35.9 Å². The summed E-state index contributed by atoms with van der Waals surface area (Å²) in [5.41, 5.74) is 2.69. The number of hydrogen-bond donors (Lipinski definition) is 1. The summed E-state index contributed by atoms with van der Waals surface area (Å²) in [5.74, 6) is -0.0221. The van der Waals surface area contributed by atoms with E-state index in [-0.39, 0.29) is 16.4 Å². The van der Waals surface area contributed by atoms with Crippen molar-refractivity contribution in [3.8, 4) is 0 Å². The second kappa shape index (κ2) is 6.23. The molecule has 0 aliphatic carbocycles. The van der Waals surface area contributed by atoms with Crippen molar-refractivity contribution >= 4 is 27.0 Å². The molecule has 0 radical (unpaired) electrons. The van der Waals surface area contributed by atoms with E-state index >= 15 is 0 Å². The Morgan fingerprint density at radius 1 is 1.15 bits per heavy atom. The Morgan fingerprint density at radius 2 is 2.00 bits per heavy atom. The van der Waals surface area contributed by atoms with Gasteiger partial charge >= 0.3 is 0 Å². The first-order chi connectivity index (χ1) is 12.5. The van der Waals surface area contributed by atoms with Crippen LogP contribution in [-0.4, -0.2) is 33.5 Å². The lowest BCUT2D eigenvalue weighted by molar-refractivity contribution is 0.315. The Balaban J connectivity index is 1.57. The Bertz CT molecular complexity index is 1180. The average Bonchev–Trinajstić information content (AvgIpc) is 3.23. The Kier molecular flexibility index (Phi) is 3.88. The zero-order chi connectivity index (χ0) is 18.1. The van der Waals surface area contributed by atoms with Gasteiger partial charge in [-0.15, -0.1) is 5.10 Å². The zero-order valence-electron chi connectivity index (χ0n) is 13.7. The fraction of sp³-hybridized carbons (Fsp3) is 0.125. The van der Waals surface area contributed by atoms with Crippen LogP contribution in [0.25, 0.3) is 11.0 Å². The molecule has 0 atom stereocenters. The maximum atomic E-state index is 12.6. The van der Waals surface area contributed by atoms with Gasteiger partial charge in [0.2, 0.25) is 0 Å². The van der Waals surface area contributed by atoms with Crippen LogP contribution in [0.3, 0.4) is 0 Å². The molecule has 0 saturated carbocycles. The SMILES string of the molecule is Cc1cccc(Cn2cnc(NS(=O)(=O)c3cccc4nonc34)n2)c1. The molecule has 0 aliphatic heterocycles. The van der Waals surface area contributed by atoms with E-state index < -0.39 is 10.0 Å². The third-order valence-corrected chi connectivity index (χ3v) is 5.09. The summed E-state index contributed by atoms with van der Waals surface area (Å²) in [6.45, 7) is 2.49. The number of nitrogens with one attached hydrogen (secondary N) is 1. The fourth-order valence-corrected chi connectivity index (χ4v) is 3.69. The third kappa shape index (κ3) is 3.14. The van der Waals surface area contributed by atoms with Gasteiger partial charge in [0.25, 0.3) is 16.0 Å². The average molecular weight is 370 g/mol. The number of benzene rings is 2. The van der Waals surface area contributed by atoms with Crippen LogP contribution in [0.5, 0.6) is 0 Å². The lowest BCUT2D eigenvalue weighted by Crippen LogP contribution is -2.15. The molecule has 132 valence electrons. The monoisotopic (exact) mass is 370 g/mol. The molecule has 0 unspecified atom stereocenters. The molecule has 1 N–H and O–H groups in total. The van der Waals surface area contributed by atoms with Crippen LogP contribution < -0.4 is 4.72 Å². The van der Waals surface area contributed by atoms with Crippen LogP contribution in [0.2, 0.25) is 0 Å². The third-order valence-electron chi connectivity index (χ3n) is 3.73. The molecule has 2 aromatic heterocycles. The molecule has 0 fully saturated rings. The quantitative estimate of drug-likeness (QED) is 0.571. The van der Waals surface area contributed by atoms with E-state index in [1.54, 1.807) is 16.8 Å². The molecule has 4 rings (SSSR count). The van der Waals surface area contributed by atoms with Crippen molar-refractivity contribution < 1.29 is 13.0 Å². The van der Waals surface area contributed by atoms with Gasteiger partial charge in [-0.25, -0.2) is 22.5 Å². The molecule has 4 aromatic rings. The first-order valence-electron chi connectivity index (χ1n) is 7.70. The minimum atomic E-state index is -3.93. The van der Waals surface area contributed by atoms with Gasteiger partial charge in [-0.05, 0) is 34.9 Å². The Hall–Kier alpha value is -3.27. The Morgan fingerprint density at radius 3 is 2.85 bits per heavy atom. The van der Waals surface area contributed by atoms with Crippen LogP contribution in [0.15, 0.2) is 58.3 Å². The van der Waals surface area contributed by atoms with E-state index in [0.29, 0.717) is 12.1 Å². The molecule has 0 amide bonds. The van der Waals surface area contributed by atoms with Crippen LogP contribution in [0, 0.1) is 6.92 Å². The minimum Gasteiger partial charge on any atom is -0.246 e. The number of aromatic nitrogens is 5. The number of aryl methyl sites for hydroxylation is 1. The largest absolute Gasteiger partial charge is 0.266 e. The normalized spacial score (nSPS) is 11.7. The van der Waals surface area contributed by atoms with E-state index in [9.17, 15) is 8.42 Å². The van der Waals surface area contributed by atoms with Crippen LogP contribution >= 0.6 is 0 Å². The molecule has 26 heavy (non-hydrogen) atoms. The molecule has 10 heteroatoms. The predicted molar refractivity (Wildman–Crippen MR) is 92.9 cm³/mol. The number of nitrogens with zero attached hydrogens (tertiary/aromatic N) is 5. The summed E-state index contributed by atoms with van der Waals surface area (Å²) in [4.78, 5) is 3.97. The molecule has 0 saturated heterocycles. The van der Waals surface area contributed by atoms with Crippen molar-refractivity contribution in [2.75, 3.05) is 4.72 Å². The lowest BCUT2D eigenvalue weighted by Gasteiger charge is -2.04. The van der Waals surface area contributed by atoms with Crippen molar-refractivity contribution in [3.05, 3.63) is 59.9 Å². The maximum Gasteiger partial charge on any atom is 0.266 e. The van der Waals surface area contributed by atoms with Gasteiger partial charge in [-0.2, -0.15) is 4.98 Å². The molecule has 0 bridgehead atoms. The number of anilines is 1. The van der Waals surface area contributed by atoms with Crippen molar-refractivity contribution in [2.45, 2.75) is 18.4 Å². The second-order valence-corrected chi connectivity index (χ2v) is 7.40. The van der Waals surface area contributed by atoms with Gasteiger partial charge in [0.15, 0.2) is 5.52 Å². The summed E-state index contributed by atoms with van der Waals surface area (Å²) in [5, 5.41) is 11.5. The standard InChI is InChI=1S/C16H14N6O3S/c1-11-4-2-5-12(8-11)9-22-10-17-16(18-22)21-26(23,24)14-7-3-6-13-15(14)20-25-19-13/h2-8,10H,9H2,1H3,(H,18,21). The van der Waals surface area contributed by atoms with E-state index in [2.05, 4.69) is 29.7 Å². The van der Waals surface area contributed by atoms with Crippen LogP contribution in [0.4, 0.5) is 5.95 Å². The first-order valence-corrected chi connectivity index (χ1v) is 9.19. The van der Waals surface area contributed by atoms with Crippen LogP contribution in [0.1, 0.15) is 11.1 Å². The second-order valence-electron chi connectivity index (χ2n) is 5.75. The maximum absolute atomic E-state index is 12.6. The zero-order valence-corrected chi connectivity index (χ0v) is 14.5. The smallest absolute Gasteiger partial charge is 0.246 e. The predicted octanol–water partition coefficient (Wildman–Crippen LogP) is 1.97. The molecular weight excluding hydrogens is 356 g/mol. The summed E-state index contributed by atoms with van der Waals surface area (Å²) in [6, 6.07) is 12.5. The summed E-state index contributed by atoms with van der Waals surface area (Å²) in [7, 11) is -3.93. The van der Waals surface area contributed by atoms with E-state index in [1.165, 1.54) is 12.4 Å². The first kappa shape index (κ1) is 16.2. The minimum absolute atomic E-state index is 0.0221. The number of sulfonamides is 1. The van der Waals surface area contributed by atoms with Crippen LogP contribution in [-0.2, 0) is 16.6 Å². The highest BCUT2D eigenvalue weighted by Gasteiger charge is 2.22. The van der Waals surface area contributed by atoms with Gasteiger partial charge in [-0.3, -0.25) is 0 Å². The molecular formula is C16H14N6O3S. The highest BCUT2D eigenvalue weighted by atomic mass is 32.2. The van der Waals surface area contributed by atoms with Gasteiger partial charge in [0.05, 0.1) is 6.54 Å². The molecule has 2 aromatic carbocycles. The van der Waals surface area contributed by atoms with Gasteiger partial charge in [0.1, 0.15) is 16.7 Å². The van der Waals surface area contributed by atoms with E-state index in [4.69, 9.17) is 0 Å². The van der Waals surface area contributed by atoms with E-state index in [1.807, 2.05) is 31.2 Å². The summed E-state index contributed by atoms with van der Waals surface area (Å²) >= 11 is 0. The van der Waals surface area contributed by atoms with Crippen molar-refractivity contribution in [2.24, 2.45) is 0 Å². The summed E-state index contributed by atoms with van der Waals surface area (Å²) in [6.07, 6.45) is 1.47. The molecule has 9 nitrogen and oxygen atoms in total. The molecule has 0 spiro atoms.